The van der Waals surface area contributed by atoms with Crippen molar-refractivity contribution in [3.8, 4) is 0 Å². The van der Waals surface area contributed by atoms with Gasteiger partial charge in [0.05, 0.1) is 11.4 Å². The van der Waals surface area contributed by atoms with Crippen LogP contribution in [-0.4, -0.2) is 11.1 Å². The summed E-state index contributed by atoms with van der Waals surface area (Å²) in [6, 6.07) is 4.00. The molecule has 1 N–H and O–H groups in total. The van der Waals surface area contributed by atoms with E-state index in [0.29, 0.717) is 16.6 Å². The average Bonchev–Trinajstić information content (AvgIpc) is 2.74. The summed E-state index contributed by atoms with van der Waals surface area (Å²) >= 11 is 2.95. The summed E-state index contributed by atoms with van der Waals surface area (Å²) in [5.41, 5.74) is 0. The van der Waals surface area contributed by atoms with Crippen LogP contribution < -0.4 is 5.32 Å². The molecule has 3 nitrogen and oxygen atoms in total. The molecule has 1 aromatic rings. The van der Waals surface area contributed by atoms with Gasteiger partial charge >= 0.3 is 0 Å². The summed E-state index contributed by atoms with van der Waals surface area (Å²) in [6.07, 6.45) is 0. The van der Waals surface area contributed by atoms with Gasteiger partial charge in [-0.15, -0.1) is 11.3 Å². The summed E-state index contributed by atoms with van der Waals surface area (Å²) in [4.78, 5) is 17.0. The highest BCUT2D eigenvalue weighted by atomic mass is 32.2. The van der Waals surface area contributed by atoms with Crippen LogP contribution in [0.5, 0.6) is 0 Å². The minimum Gasteiger partial charge on any atom is -0.301 e. The molecule has 14 heavy (non-hydrogen) atoms. The zero-order valence-electron chi connectivity index (χ0n) is 7.32. The summed E-state index contributed by atoms with van der Waals surface area (Å²) < 4.78 is 0. The van der Waals surface area contributed by atoms with E-state index in [9.17, 15) is 4.79 Å². The highest BCUT2D eigenvalue weighted by Crippen LogP contribution is 2.21. The molecule has 0 spiro atoms. The molecule has 0 radical (unpaired) electrons. The van der Waals surface area contributed by atoms with Crippen molar-refractivity contribution >= 4 is 34.2 Å². The second-order valence-electron chi connectivity index (χ2n) is 2.68. The van der Waals surface area contributed by atoms with Crippen molar-refractivity contribution in [2.24, 2.45) is 4.99 Å². The molecule has 1 aromatic heterocycles. The lowest BCUT2D eigenvalue weighted by atomic mass is 10.5. The molecule has 0 unspecified atom stereocenters. The van der Waals surface area contributed by atoms with Crippen LogP contribution in [0.4, 0.5) is 0 Å². The SMILES string of the molecule is C=C1SC(=NCc2cccs2)NC1=O. The molecule has 72 valence electrons. The fourth-order valence-electron chi connectivity index (χ4n) is 0.979. The quantitative estimate of drug-likeness (QED) is 0.780. The molecule has 1 fully saturated rings. The highest BCUT2D eigenvalue weighted by molar-refractivity contribution is 8.18. The van der Waals surface area contributed by atoms with Gasteiger partial charge in [0.15, 0.2) is 5.17 Å². The van der Waals surface area contributed by atoms with Crippen molar-refractivity contribution in [3.05, 3.63) is 33.9 Å². The van der Waals surface area contributed by atoms with E-state index in [-0.39, 0.29) is 5.91 Å². The third-order valence-electron chi connectivity index (χ3n) is 1.65. The average molecular weight is 224 g/mol. The number of carbonyl (C=O) groups excluding carboxylic acids is 1. The monoisotopic (exact) mass is 224 g/mol. The minimum atomic E-state index is -0.139. The van der Waals surface area contributed by atoms with Crippen LogP contribution in [0.25, 0.3) is 0 Å². The summed E-state index contributed by atoms with van der Waals surface area (Å²) in [5.74, 6) is -0.139. The van der Waals surface area contributed by atoms with Gasteiger partial charge in [-0.1, -0.05) is 12.6 Å². The van der Waals surface area contributed by atoms with Gasteiger partial charge in [-0.3, -0.25) is 9.79 Å². The van der Waals surface area contributed by atoms with Gasteiger partial charge in [-0.25, -0.2) is 0 Å². The normalized spacial score (nSPS) is 19.0. The first kappa shape index (κ1) is 9.48. The molecule has 1 amide bonds. The fraction of sp³-hybridized carbons (Fsp3) is 0.111. The van der Waals surface area contributed by atoms with Crippen molar-refractivity contribution in [1.82, 2.24) is 5.32 Å². The van der Waals surface area contributed by atoms with Crippen molar-refractivity contribution in [2.75, 3.05) is 0 Å². The molecule has 0 atom stereocenters. The van der Waals surface area contributed by atoms with Gasteiger partial charge in [0.2, 0.25) is 0 Å². The standard InChI is InChI=1S/C9H8N2OS2/c1-6-8(12)11-9(14-6)10-5-7-3-2-4-13-7/h2-4H,1,5H2,(H,10,11,12). The van der Waals surface area contributed by atoms with Crippen molar-refractivity contribution in [1.29, 1.82) is 0 Å². The maximum atomic E-state index is 11.0. The molecular weight excluding hydrogens is 216 g/mol. The summed E-state index contributed by atoms with van der Waals surface area (Å²) in [7, 11) is 0. The Hall–Kier alpha value is -1.07. The number of thioether (sulfide) groups is 1. The van der Waals surface area contributed by atoms with Gasteiger partial charge < -0.3 is 5.32 Å². The Morgan fingerprint density at radius 3 is 3.00 bits per heavy atom. The predicted molar refractivity (Wildman–Crippen MR) is 60.3 cm³/mol. The van der Waals surface area contributed by atoms with Crippen LogP contribution in [0.2, 0.25) is 0 Å². The number of amidine groups is 1. The summed E-state index contributed by atoms with van der Waals surface area (Å²) in [5, 5.41) is 5.30. The van der Waals surface area contributed by atoms with Crippen molar-refractivity contribution in [3.63, 3.8) is 0 Å². The highest BCUT2D eigenvalue weighted by Gasteiger charge is 2.20. The van der Waals surface area contributed by atoms with E-state index in [2.05, 4.69) is 16.9 Å². The van der Waals surface area contributed by atoms with E-state index in [1.54, 1.807) is 11.3 Å². The number of aliphatic imine (C=N–C) groups is 1. The number of carbonyl (C=O) groups is 1. The zero-order valence-corrected chi connectivity index (χ0v) is 8.95. The van der Waals surface area contributed by atoms with E-state index in [4.69, 9.17) is 0 Å². The van der Waals surface area contributed by atoms with E-state index >= 15 is 0 Å². The Bertz CT molecular complexity index is 377. The molecule has 1 aliphatic rings. The van der Waals surface area contributed by atoms with Gasteiger partial charge in [-0.05, 0) is 23.2 Å². The van der Waals surface area contributed by atoms with E-state index < -0.39 is 0 Å². The smallest absolute Gasteiger partial charge is 0.263 e. The second-order valence-corrected chi connectivity index (χ2v) is 4.80. The first-order chi connectivity index (χ1) is 6.75. The second kappa shape index (κ2) is 3.98. The lowest BCUT2D eigenvalue weighted by Crippen LogP contribution is -2.19. The van der Waals surface area contributed by atoms with Crippen LogP contribution >= 0.6 is 23.1 Å². The first-order valence-corrected chi connectivity index (χ1v) is 5.70. The molecule has 1 saturated heterocycles. The topological polar surface area (TPSA) is 41.5 Å². The molecule has 1 aliphatic heterocycles. The van der Waals surface area contributed by atoms with E-state index in [0.717, 1.165) is 0 Å². The number of nitrogens with zero attached hydrogens (tertiary/aromatic N) is 1. The molecule has 0 saturated carbocycles. The van der Waals surface area contributed by atoms with Gasteiger partial charge in [0.1, 0.15) is 0 Å². The molecule has 5 heteroatoms. The Labute approximate surface area is 89.9 Å². The maximum absolute atomic E-state index is 11.0. The van der Waals surface area contributed by atoms with Crippen LogP contribution in [0, 0.1) is 0 Å². The number of thiophene rings is 1. The van der Waals surface area contributed by atoms with Crippen LogP contribution in [0.1, 0.15) is 4.88 Å². The Morgan fingerprint density at radius 1 is 1.57 bits per heavy atom. The third kappa shape index (κ3) is 2.05. The number of hydrogen-bond acceptors (Lipinski definition) is 4. The van der Waals surface area contributed by atoms with Gasteiger partial charge in [-0.2, -0.15) is 0 Å². The van der Waals surface area contributed by atoms with Crippen molar-refractivity contribution in [2.45, 2.75) is 6.54 Å². The third-order valence-corrected chi connectivity index (χ3v) is 3.37. The lowest BCUT2D eigenvalue weighted by Gasteiger charge is -1.93. The molecule has 0 aliphatic carbocycles. The van der Waals surface area contributed by atoms with Gasteiger partial charge in [0.25, 0.3) is 5.91 Å². The first-order valence-electron chi connectivity index (χ1n) is 4.00. The largest absolute Gasteiger partial charge is 0.301 e. The lowest BCUT2D eigenvalue weighted by molar-refractivity contribution is -0.115. The molecular formula is C9H8N2OS2. The van der Waals surface area contributed by atoms with Crippen LogP contribution in [-0.2, 0) is 11.3 Å². The predicted octanol–water partition coefficient (Wildman–Crippen LogP) is 1.98. The zero-order chi connectivity index (χ0) is 9.97. The number of amides is 1. The van der Waals surface area contributed by atoms with Crippen LogP contribution in [0.3, 0.4) is 0 Å². The van der Waals surface area contributed by atoms with E-state index in [1.165, 1.54) is 16.6 Å². The Kier molecular flexibility index (Phi) is 2.69. The number of nitrogens with one attached hydrogen (secondary N) is 1. The molecule has 2 heterocycles. The van der Waals surface area contributed by atoms with Crippen LogP contribution in [0.15, 0.2) is 34.0 Å². The Morgan fingerprint density at radius 2 is 2.43 bits per heavy atom. The number of rotatable bonds is 2. The molecule has 2 rings (SSSR count). The minimum absolute atomic E-state index is 0.139. The Balaban J connectivity index is 2.00. The van der Waals surface area contributed by atoms with Crippen molar-refractivity contribution < 1.29 is 4.79 Å². The maximum Gasteiger partial charge on any atom is 0.263 e. The fourth-order valence-corrected chi connectivity index (χ4v) is 2.26. The molecule has 0 aromatic carbocycles. The summed E-state index contributed by atoms with van der Waals surface area (Å²) in [6.45, 7) is 4.22. The number of hydrogen-bond donors (Lipinski definition) is 1. The van der Waals surface area contributed by atoms with Gasteiger partial charge in [0, 0.05) is 4.88 Å². The van der Waals surface area contributed by atoms with E-state index in [1.807, 2.05) is 17.5 Å². The molecule has 0 bridgehead atoms.